The van der Waals surface area contributed by atoms with Gasteiger partial charge in [0.1, 0.15) is 5.82 Å². The molecule has 20 heavy (non-hydrogen) atoms. The molecule has 2 aromatic carbocycles. The van der Waals surface area contributed by atoms with Crippen molar-refractivity contribution < 1.29 is 13.9 Å². The standard InChI is InChI=1S/C15H12FNO3/c16-12-3-1-2-10(6-12)8-17-13-7-11(9-18)4-5-14(13)20-15(17)19/h1-7,18H,8-9H2. The number of aliphatic hydroxyl groups excluding tert-OH is 1. The summed E-state index contributed by atoms with van der Waals surface area (Å²) in [6, 6.07) is 11.1. The maximum Gasteiger partial charge on any atom is 0.420 e. The van der Waals surface area contributed by atoms with Crippen molar-refractivity contribution in [3.05, 3.63) is 70.0 Å². The predicted octanol–water partition coefficient (Wildman–Crippen LogP) is 2.27. The molecule has 5 heteroatoms. The van der Waals surface area contributed by atoms with Gasteiger partial charge >= 0.3 is 5.76 Å². The Balaban J connectivity index is 2.10. The molecule has 3 aromatic rings. The van der Waals surface area contributed by atoms with Gasteiger partial charge in [-0.05, 0) is 35.4 Å². The second-order valence-electron chi connectivity index (χ2n) is 4.54. The first-order valence-corrected chi connectivity index (χ1v) is 6.15. The molecule has 1 heterocycles. The Hall–Kier alpha value is -2.40. The van der Waals surface area contributed by atoms with Gasteiger partial charge in [-0.2, -0.15) is 0 Å². The molecule has 0 aliphatic carbocycles. The molecule has 0 fully saturated rings. The minimum atomic E-state index is -0.501. The summed E-state index contributed by atoms with van der Waals surface area (Å²) >= 11 is 0. The van der Waals surface area contributed by atoms with E-state index in [4.69, 9.17) is 9.52 Å². The zero-order chi connectivity index (χ0) is 14.1. The normalized spacial score (nSPS) is 11.1. The Morgan fingerprint density at radius 2 is 2.00 bits per heavy atom. The smallest absolute Gasteiger partial charge is 0.408 e. The first kappa shape index (κ1) is 12.6. The van der Waals surface area contributed by atoms with Crippen LogP contribution in [0.3, 0.4) is 0 Å². The third kappa shape index (κ3) is 2.23. The number of fused-ring (bicyclic) bond motifs is 1. The van der Waals surface area contributed by atoms with Crippen LogP contribution in [0.4, 0.5) is 4.39 Å². The fraction of sp³-hybridized carbons (Fsp3) is 0.133. The highest BCUT2D eigenvalue weighted by Crippen LogP contribution is 2.17. The first-order valence-electron chi connectivity index (χ1n) is 6.15. The minimum Gasteiger partial charge on any atom is -0.408 e. The highest BCUT2D eigenvalue weighted by atomic mass is 19.1. The summed E-state index contributed by atoms with van der Waals surface area (Å²) in [7, 11) is 0. The van der Waals surface area contributed by atoms with Crippen molar-refractivity contribution in [3.63, 3.8) is 0 Å². The second-order valence-corrected chi connectivity index (χ2v) is 4.54. The summed E-state index contributed by atoms with van der Waals surface area (Å²) < 4.78 is 19.7. The number of aromatic nitrogens is 1. The third-order valence-corrected chi connectivity index (χ3v) is 3.14. The van der Waals surface area contributed by atoms with Crippen molar-refractivity contribution in [3.8, 4) is 0 Å². The Labute approximate surface area is 113 Å². The maximum atomic E-state index is 13.2. The highest BCUT2D eigenvalue weighted by molar-refractivity contribution is 5.73. The van der Waals surface area contributed by atoms with Gasteiger partial charge in [-0.3, -0.25) is 4.57 Å². The summed E-state index contributed by atoms with van der Waals surface area (Å²) in [6.07, 6.45) is 0. The average molecular weight is 273 g/mol. The molecule has 1 N–H and O–H groups in total. The Bertz CT molecular complexity index is 819. The zero-order valence-electron chi connectivity index (χ0n) is 10.5. The SMILES string of the molecule is O=c1oc2ccc(CO)cc2n1Cc1cccc(F)c1. The van der Waals surface area contributed by atoms with Gasteiger partial charge in [0.2, 0.25) is 0 Å². The summed E-state index contributed by atoms with van der Waals surface area (Å²) in [6.45, 7) is 0.105. The third-order valence-electron chi connectivity index (χ3n) is 3.14. The maximum absolute atomic E-state index is 13.2. The van der Waals surface area contributed by atoms with E-state index < -0.39 is 5.76 Å². The summed E-state index contributed by atoms with van der Waals surface area (Å²) in [4.78, 5) is 11.9. The van der Waals surface area contributed by atoms with E-state index in [2.05, 4.69) is 0 Å². The van der Waals surface area contributed by atoms with Crippen LogP contribution in [0.2, 0.25) is 0 Å². The van der Waals surface area contributed by atoms with Crippen LogP contribution < -0.4 is 5.76 Å². The van der Waals surface area contributed by atoms with E-state index in [0.717, 1.165) is 0 Å². The molecule has 0 spiro atoms. The van der Waals surface area contributed by atoms with Gasteiger partial charge in [-0.25, -0.2) is 9.18 Å². The van der Waals surface area contributed by atoms with Crippen LogP contribution in [0.15, 0.2) is 51.7 Å². The zero-order valence-corrected chi connectivity index (χ0v) is 10.5. The van der Waals surface area contributed by atoms with E-state index in [1.807, 2.05) is 0 Å². The van der Waals surface area contributed by atoms with E-state index in [-0.39, 0.29) is 19.0 Å². The Morgan fingerprint density at radius 3 is 2.75 bits per heavy atom. The molecule has 0 aliphatic rings. The van der Waals surface area contributed by atoms with Crippen LogP contribution in [0.25, 0.3) is 11.1 Å². The van der Waals surface area contributed by atoms with E-state index in [0.29, 0.717) is 22.2 Å². The lowest BCUT2D eigenvalue weighted by molar-refractivity contribution is 0.282. The summed E-state index contributed by atoms with van der Waals surface area (Å²) in [5, 5.41) is 9.15. The molecule has 3 rings (SSSR count). The molecule has 102 valence electrons. The number of aliphatic hydroxyl groups is 1. The molecule has 0 saturated heterocycles. The lowest BCUT2D eigenvalue weighted by Crippen LogP contribution is -2.15. The van der Waals surface area contributed by atoms with Crippen LogP contribution in [0.1, 0.15) is 11.1 Å². The van der Waals surface area contributed by atoms with Gasteiger partial charge in [0, 0.05) is 0 Å². The minimum absolute atomic E-state index is 0.116. The van der Waals surface area contributed by atoms with Crippen LogP contribution in [-0.4, -0.2) is 9.67 Å². The van der Waals surface area contributed by atoms with Gasteiger partial charge in [-0.15, -0.1) is 0 Å². The largest absolute Gasteiger partial charge is 0.420 e. The predicted molar refractivity (Wildman–Crippen MR) is 71.9 cm³/mol. The molecule has 0 bridgehead atoms. The fourth-order valence-corrected chi connectivity index (χ4v) is 2.17. The number of hydrogen-bond donors (Lipinski definition) is 1. The van der Waals surface area contributed by atoms with Crippen molar-refractivity contribution in [1.82, 2.24) is 4.57 Å². The molecular weight excluding hydrogens is 261 g/mol. The van der Waals surface area contributed by atoms with E-state index in [1.165, 1.54) is 16.7 Å². The molecular formula is C15H12FNO3. The summed E-state index contributed by atoms with van der Waals surface area (Å²) in [5.74, 6) is -0.848. The van der Waals surface area contributed by atoms with Crippen LogP contribution in [-0.2, 0) is 13.2 Å². The second kappa shape index (κ2) is 4.94. The van der Waals surface area contributed by atoms with Gasteiger partial charge < -0.3 is 9.52 Å². The number of benzene rings is 2. The fourth-order valence-electron chi connectivity index (χ4n) is 2.17. The molecule has 0 saturated carbocycles. The van der Waals surface area contributed by atoms with Gasteiger partial charge in [-0.1, -0.05) is 18.2 Å². The lowest BCUT2D eigenvalue weighted by atomic mass is 10.2. The first-order chi connectivity index (χ1) is 9.67. The molecule has 4 nitrogen and oxygen atoms in total. The lowest BCUT2D eigenvalue weighted by Gasteiger charge is -2.03. The highest BCUT2D eigenvalue weighted by Gasteiger charge is 2.10. The molecule has 1 aromatic heterocycles. The molecule has 0 atom stereocenters. The van der Waals surface area contributed by atoms with Gasteiger partial charge in [0.05, 0.1) is 18.7 Å². The van der Waals surface area contributed by atoms with Crippen molar-refractivity contribution in [2.45, 2.75) is 13.2 Å². The Morgan fingerprint density at radius 1 is 1.15 bits per heavy atom. The van der Waals surface area contributed by atoms with Crippen molar-refractivity contribution in [1.29, 1.82) is 0 Å². The average Bonchev–Trinajstić information content (AvgIpc) is 2.74. The van der Waals surface area contributed by atoms with Gasteiger partial charge in [0.25, 0.3) is 0 Å². The number of nitrogens with zero attached hydrogens (tertiary/aromatic N) is 1. The van der Waals surface area contributed by atoms with E-state index in [9.17, 15) is 9.18 Å². The molecule has 0 radical (unpaired) electrons. The van der Waals surface area contributed by atoms with Gasteiger partial charge in [0.15, 0.2) is 5.58 Å². The monoisotopic (exact) mass is 273 g/mol. The molecule has 0 unspecified atom stereocenters. The number of oxazole rings is 1. The topological polar surface area (TPSA) is 55.4 Å². The quantitative estimate of drug-likeness (QED) is 0.796. The van der Waals surface area contributed by atoms with Crippen LogP contribution >= 0.6 is 0 Å². The van der Waals surface area contributed by atoms with E-state index in [1.54, 1.807) is 30.3 Å². The number of rotatable bonds is 3. The number of hydrogen-bond acceptors (Lipinski definition) is 3. The molecule has 0 aliphatic heterocycles. The van der Waals surface area contributed by atoms with Crippen LogP contribution in [0, 0.1) is 5.82 Å². The van der Waals surface area contributed by atoms with Crippen molar-refractivity contribution >= 4 is 11.1 Å². The van der Waals surface area contributed by atoms with Crippen molar-refractivity contribution in [2.75, 3.05) is 0 Å². The van der Waals surface area contributed by atoms with E-state index >= 15 is 0 Å². The summed E-state index contributed by atoms with van der Waals surface area (Å²) in [5.41, 5.74) is 2.39. The number of halogens is 1. The Kier molecular flexibility index (Phi) is 3.12. The van der Waals surface area contributed by atoms with Crippen LogP contribution in [0.5, 0.6) is 0 Å². The van der Waals surface area contributed by atoms with Crippen molar-refractivity contribution in [2.24, 2.45) is 0 Å². The molecule has 0 amide bonds.